The maximum Gasteiger partial charge on any atom is 0.463 e. The van der Waals surface area contributed by atoms with Gasteiger partial charge in [0, 0.05) is 12.7 Å². The lowest BCUT2D eigenvalue weighted by atomic mass is 10.2. The molecule has 1 unspecified atom stereocenters. The first-order valence-corrected chi connectivity index (χ1v) is 11.5. The molecule has 0 bridgehead atoms. The summed E-state index contributed by atoms with van der Waals surface area (Å²) in [7, 11) is -3.58. The van der Waals surface area contributed by atoms with Crippen molar-refractivity contribution in [2.45, 2.75) is 11.7 Å². The van der Waals surface area contributed by atoms with E-state index in [1.807, 2.05) is 71.1 Å². The van der Waals surface area contributed by atoms with E-state index in [4.69, 9.17) is 9.05 Å². The van der Waals surface area contributed by atoms with Gasteiger partial charge in [0.2, 0.25) is 5.11 Å². The predicted molar refractivity (Wildman–Crippen MR) is 114 cm³/mol. The molecule has 0 N–H and O–H groups in total. The number of nitrogens with zero attached hydrogens (tertiary/aromatic N) is 1. The van der Waals surface area contributed by atoms with Crippen LogP contribution in [0.1, 0.15) is 5.56 Å². The van der Waals surface area contributed by atoms with Crippen LogP contribution in [0.4, 0.5) is 0 Å². The Morgan fingerprint density at radius 3 is 1.82 bits per heavy atom. The summed E-state index contributed by atoms with van der Waals surface area (Å²) >= 11 is 1.45. The third-order valence-electron chi connectivity index (χ3n) is 4.17. The summed E-state index contributed by atoms with van der Waals surface area (Å²) in [5.41, 5.74) is 1.13. The van der Waals surface area contributed by atoms with E-state index in [0.29, 0.717) is 18.0 Å². The Bertz CT molecular complexity index is 921. The molecule has 3 aromatic carbocycles. The molecular formula is C22H20NO3PS. The Morgan fingerprint density at radius 2 is 1.29 bits per heavy atom. The second-order valence-electron chi connectivity index (χ2n) is 6.25. The molecule has 0 saturated heterocycles. The van der Waals surface area contributed by atoms with Crippen LogP contribution in [0.2, 0.25) is 0 Å². The van der Waals surface area contributed by atoms with Gasteiger partial charge < -0.3 is 13.9 Å². The number of hydrogen-bond acceptors (Lipinski definition) is 5. The van der Waals surface area contributed by atoms with Gasteiger partial charge in [-0.25, -0.2) is 4.57 Å². The Hall–Kier alpha value is -2.62. The quantitative estimate of drug-likeness (QED) is 0.426. The maximum absolute atomic E-state index is 14.0. The molecule has 6 heteroatoms. The fourth-order valence-corrected chi connectivity index (χ4v) is 6.19. The van der Waals surface area contributed by atoms with Crippen LogP contribution in [0.5, 0.6) is 11.5 Å². The summed E-state index contributed by atoms with van der Waals surface area (Å²) in [5.74, 6) is 1.04. The van der Waals surface area contributed by atoms with Crippen molar-refractivity contribution in [2.24, 2.45) is 0 Å². The van der Waals surface area contributed by atoms with Crippen LogP contribution in [0.25, 0.3) is 0 Å². The van der Waals surface area contributed by atoms with Gasteiger partial charge in [-0.3, -0.25) is 0 Å². The molecular weight excluding hydrogens is 389 g/mol. The van der Waals surface area contributed by atoms with Crippen LogP contribution >= 0.6 is 19.4 Å². The summed E-state index contributed by atoms with van der Waals surface area (Å²) in [6, 6.07) is 28.4. The highest BCUT2D eigenvalue weighted by Crippen LogP contribution is 2.59. The lowest BCUT2D eigenvalue weighted by Gasteiger charge is -2.31. The average molecular weight is 409 g/mol. The minimum atomic E-state index is -3.58. The third kappa shape index (κ3) is 4.44. The number of para-hydroxylation sites is 2. The molecule has 0 aromatic heterocycles. The summed E-state index contributed by atoms with van der Waals surface area (Å²) < 4.78 is 26.0. The Labute approximate surface area is 169 Å². The van der Waals surface area contributed by atoms with Gasteiger partial charge in [-0.1, -0.05) is 78.5 Å². The normalized spacial score (nSPS) is 16.1. The fraction of sp³-hybridized carbons (Fsp3) is 0.0909. The topological polar surface area (TPSA) is 38.8 Å². The summed E-state index contributed by atoms with van der Waals surface area (Å²) in [6.45, 7) is 0.620. The van der Waals surface area contributed by atoms with Crippen LogP contribution < -0.4 is 9.05 Å². The molecule has 1 aliphatic heterocycles. The van der Waals surface area contributed by atoms with Crippen LogP contribution in [0.15, 0.2) is 103 Å². The molecule has 0 radical (unpaired) electrons. The SMILES string of the molecule is O=P(Oc1ccccc1)(Oc1ccccc1)C1SC=CN1Cc1ccccc1. The van der Waals surface area contributed by atoms with E-state index in [2.05, 4.69) is 12.1 Å². The zero-order chi connectivity index (χ0) is 19.2. The van der Waals surface area contributed by atoms with Crippen LogP contribution in [-0.2, 0) is 11.1 Å². The van der Waals surface area contributed by atoms with E-state index >= 15 is 0 Å². The Morgan fingerprint density at radius 1 is 0.786 bits per heavy atom. The molecule has 1 aliphatic rings. The highest BCUT2D eigenvalue weighted by molar-refractivity contribution is 8.08. The number of thioether (sulfide) groups is 1. The van der Waals surface area contributed by atoms with Crippen LogP contribution in [0, 0.1) is 0 Å². The van der Waals surface area contributed by atoms with Gasteiger partial charge in [-0.2, -0.15) is 0 Å². The van der Waals surface area contributed by atoms with Gasteiger partial charge >= 0.3 is 7.60 Å². The lowest BCUT2D eigenvalue weighted by Crippen LogP contribution is -2.28. The first kappa shape index (κ1) is 18.7. The summed E-state index contributed by atoms with van der Waals surface area (Å²) in [6.07, 6.45) is 1.94. The minimum absolute atomic E-state index is 0.479. The average Bonchev–Trinajstić information content (AvgIpc) is 3.19. The molecule has 3 aromatic rings. The Kier molecular flexibility index (Phi) is 5.75. The van der Waals surface area contributed by atoms with Crippen molar-refractivity contribution in [3.63, 3.8) is 0 Å². The van der Waals surface area contributed by atoms with Crippen molar-refractivity contribution in [3.05, 3.63) is 108 Å². The van der Waals surface area contributed by atoms with Crippen molar-refractivity contribution in [1.29, 1.82) is 0 Å². The second kappa shape index (κ2) is 8.59. The van der Waals surface area contributed by atoms with E-state index in [1.54, 1.807) is 24.3 Å². The van der Waals surface area contributed by atoms with E-state index < -0.39 is 12.7 Å². The summed E-state index contributed by atoms with van der Waals surface area (Å²) in [4.78, 5) is 2.01. The van der Waals surface area contributed by atoms with E-state index in [1.165, 1.54) is 11.8 Å². The number of benzene rings is 3. The zero-order valence-corrected chi connectivity index (χ0v) is 16.8. The maximum atomic E-state index is 14.0. The van der Waals surface area contributed by atoms with Crippen LogP contribution in [-0.4, -0.2) is 10.0 Å². The first-order valence-electron chi connectivity index (χ1n) is 8.94. The molecule has 0 amide bonds. The van der Waals surface area contributed by atoms with Crippen molar-refractivity contribution >= 4 is 19.4 Å². The second-order valence-corrected chi connectivity index (χ2v) is 9.53. The van der Waals surface area contributed by atoms with Gasteiger partial charge in [0.1, 0.15) is 11.5 Å². The van der Waals surface area contributed by atoms with Crippen molar-refractivity contribution in [1.82, 2.24) is 4.90 Å². The molecule has 0 saturated carbocycles. The van der Waals surface area contributed by atoms with E-state index in [0.717, 1.165) is 5.56 Å². The van der Waals surface area contributed by atoms with Crippen LogP contribution in [0.3, 0.4) is 0 Å². The van der Waals surface area contributed by atoms with Gasteiger partial charge in [0.25, 0.3) is 0 Å². The Balaban J connectivity index is 1.63. The molecule has 1 heterocycles. The highest BCUT2D eigenvalue weighted by Gasteiger charge is 2.44. The molecule has 0 spiro atoms. The van der Waals surface area contributed by atoms with E-state index in [-0.39, 0.29) is 0 Å². The van der Waals surface area contributed by atoms with Gasteiger partial charge in [-0.15, -0.1) is 0 Å². The largest absolute Gasteiger partial charge is 0.463 e. The standard InChI is InChI=1S/C22H20NO3PS/c24-27(25-20-12-6-2-7-13-20,26-21-14-8-3-9-15-21)22-23(16-17-28-22)18-19-10-4-1-5-11-19/h1-17,22H,18H2. The number of hydrogen-bond donors (Lipinski definition) is 0. The van der Waals surface area contributed by atoms with Crippen molar-refractivity contribution in [3.8, 4) is 11.5 Å². The van der Waals surface area contributed by atoms with Gasteiger partial charge in [0.15, 0.2) is 0 Å². The predicted octanol–water partition coefficient (Wildman–Crippen LogP) is 6.34. The molecule has 0 fully saturated rings. The molecule has 4 nitrogen and oxygen atoms in total. The third-order valence-corrected chi connectivity index (χ3v) is 7.87. The van der Waals surface area contributed by atoms with Gasteiger partial charge in [0.05, 0.1) is 0 Å². The molecule has 1 atom stereocenters. The number of rotatable bonds is 7. The van der Waals surface area contributed by atoms with E-state index in [9.17, 15) is 4.57 Å². The first-order chi connectivity index (χ1) is 13.7. The molecule has 0 aliphatic carbocycles. The zero-order valence-electron chi connectivity index (χ0n) is 15.1. The van der Waals surface area contributed by atoms with Crippen molar-refractivity contribution in [2.75, 3.05) is 0 Å². The minimum Gasteiger partial charge on any atom is -0.414 e. The fourth-order valence-electron chi connectivity index (χ4n) is 2.88. The highest BCUT2D eigenvalue weighted by atomic mass is 32.2. The molecule has 4 rings (SSSR count). The lowest BCUT2D eigenvalue weighted by molar-refractivity contribution is 0.326. The smallest absolute Gasteiger partial charge is 0.414 e. The molecule has 28 heavy (non-hydrogen) atoms. The van der Waals surface area contributed by atoms with Crippen molar-refractivity contribution < 1.29 is 13.6 Å². The summed E-state index contributed by atoms with van der Waals surface area (Å²) in [5, 5.41) is 1.45. The van der Waals surface area contributed by atoms with Gasteiger partial charge in [-0.05, 0) is 35.2 Å². The molecule has 142 valence electrons. The monoisotopic (exact) mass is 409 g/mol.